The topological polar surface area (TPSA) is 128 Å². The number of hydrogen-bond donors (Lipinski definition) is 1. The van der Waals surface area contributed by atoms with Gasteiger partial charge in [-0.15, -0.1) is 0 Å². The molecule has 1 fully saturated rings. The number of nitrogens with one attached hydrogen (secondary N) is 1. The average Bonchev–Trinajstić information content (AvgIpc) is 3.25. The number of aromatic nitrogens is 4. The molecule has 1 amide bonds. The normalized spacial score (nSPS) is 15.2. The van der Waals surface area contributed by atoms with Crippen LogP contribution in [0.3, 0.4) is 0 Å². The number of aryl methyl sites for hydroxylation is 1. The summed E-state index contributed by atoms with van der Waals surface area (Å²) in [6.07, 6.45) is 6.03. The first-order chi connectivity index (χ1) is 16.1. The molecule has 1 aromatic carbocycles. The molecule has 2 heterocycles. The summed E-state index contributed by atoms with van der Waals surface area (Å²) in [7, 11) is 0.603. The van der Waals surface area contributed by atoms with E-state index in [0.717, 1.165) is 36.7 Å². The maximum absolute atomic E-state index is 13.4. The fraction of sp³-hybridized carbons (Fsp3) is 0.455. The third-order valence-electron chi connectivity index (χ3n) is 6.44. The molecule has 0 spiro atoms. The monoisotopic (exact) mass is 488 g/mol. The van der Waals surface area contributed by atoms with Crippen molar-refractivity contribution in [2.75, 3.05) is 12.4 Å². The second kappa shape index (κ2) is 9.18. The highest BCUT2D eigenvalue weighted by atomic mass is 32.2. The van der Waals surface area contributed by atoms with Crippen LogP contribution in [-0.4, -0.2) is 50.4 Å². The molecule has 0 aliphatic heterocycles. The van der Waals surface area contributed by atoms with Gasteiger partial charge < -0.3 is 9.88 Å². The summed E-state index contributed by atoms with van der Waals surface area (Å²) >= 11 is 0. The number of anilines is 1. The Morgan fingerprint density at radius 3 is 2.50 bits per heavy atom. The highest BCUT2D eigenvalue weighted by molar-refractivity contribution is 7.89. The van der Waals surface area contributed by atoms with Gasteiger partial charge in [-0.3, -0.25) is 18.7 Å². The van der Waals surface area contributed by atoms with Crippen molar-refractivity contribution in [3.05, 3.63) is 51.4 Å². The summed E-state index contributed by atoms with van der Waals surface area (Å²) < 4.78 is 31.6. The molecular weight excluding hydrogens is 460 g/mol. The maximum atomic E-state index is 13.4. The molecular formula is C22H28N6O5S. The van der Waals surface area contributed by atoms with E-state index in [1.165, 1.54) is 46.0 Å². The highest BCUT2D eigenvalue weighted by Gasteiger charge is 2.31. The van der Waals surface area contributed by atoms with Crippen LogP contribution in [0.25, 0.3) is 11.2 Å². The Hall–Kier alpha value is -3.25. The van der Waals surface area contributed by atoms with Gasteiger partial charge in [0.2, 0.25) is 15.9 Å². The van der Waals surface area contributed by atoms with Crippen LogP contribution in [-0.2, 0) is 35.5 Å². The van der Waals surface area contributed by atoms with Gasteiger partial charge in [0, 0.05) is 27.2 Å². The lowest BCUT2D eigenvalue weighted by molar-refractivity contribution is -0.116. The van der Waals surface area contributed by atoms with E-state index in [2.05, 4.69) is 10.3 Å². The van der Waals surface area contributed by atoms with Crippen molar-refractivity contribution in [2.24, 2.45) is 14.1 Å². The van der Waals surface area contributed by atoms with Gasteiger partial charge in [-0.25, -0.2) is 18.2 Å². The fourth-order valence-electron chi connectivity index (χ4n) is 4.45. The molecule has 4 rings (SSSR count). The molecule has 0 bridgehead atoms. The second-order valence-electron chi connectivity index (χ2n) is 8.61. The zero-order chi connectivity index (χ0) is 24.6. The number of sulfonamides is 1. The third-order valence-corrected chi connectivity index (χ3v) is 8.41. The van der Waals surface area contributed by atoms with Crippen molar-refractivity contribution < 1.29 is 13.2 Å². The second-order valence-corrected chi connectivity index (χ2v) is 10.6. The first-order valence-electron chi connectivity index (χ1n) is 11.1. The Morgan fingerprint density at radius 2 is 1.79 bits per heavy atom. The molecule has 12 heteroatoms. The maximum Gasteiger partial charge on any atom is 0.332 e. The highest BCUT2D eigenvalue weighted by Crippen LogP contribution is 2.29. The Balaban J connectivity index is 1.61. The predicted octanol–water partition coefficient (Wildman–Crippen LogP) is 1.03. The van der Waals surface area contributed by atoms with E-state index in [4.69, 9.17) is 0 Å². The standard InChI is InChI=1S/C22H28N6O5S/c1-25-20-19(21(30)26(2)22(25)31)28(14-23-20)13-18(29)24-16-11-7-8-12-17(16)34(32,33)27(3)15-9-5-4-6-10-15/h7-8,11-12,14-15H,4-6,9-10,13H2,1-3H3,(H,24,29). The van der Waals surface area contributed by atoms with E-state index in [9.17, 15) is 22.8 Å². The van der Waals surface area contributed by atoms with Gasteiger partial charge in [0.05, 0.1) is 12.0 Å². The van der Waals surface area contributed by atoms with Crippen molar-refractivity contribution in [3.63, 3.8) is 0 Å². The summed E-state index contributed by atoms with van der Waals surface area (Å²) in [6.45, 7) is -0.281. The van der Waals surface area contributed by atoms with E-state index < -0.39 is 27.2 Å². The van der Waals surface area contributed by atoms with E-state index in [1.807, 2.05) is 0 Å². The smallest absolute Gasteiger partial charge is 0.323 e. The van der Waals surface area contributed by atoms with Crippen LogP contribution < -0.4 is 16.6 Å². The van der Waals surface area contributed by atoms with Gasteiger partial charge in [-0.2, -0.15) is 4.31 Å². The molecule has 1 aliphatic rings. The number of rotatable bonds is 6. The van der Waals surface area contributed by atoms with Gasteiger partial charge in [0.15, 0.2) is 11.2 Å². The van der Waals surface area contributed by atoms with Crippen LogP contribution in [0.4, 0.5) is 5.69 Å². The molecule has 11 nitrogen and oxygen atoms in total. The van der Waals surface area contributed by atoms with Crippen molar-refractivity contribution >= 4 is 32.8 Å². The number of imidazole rings is 1. The van der Waals surface area contributed by atoms with Gasteiger partial charge in [-0.05, 0) is 25.0 Å². The molecule has 34 heavy (non-hydrogen) atoms. The number of fused-ring (bicyclic) bond motifs is 1. The largest absolute Gasteiger partial charge is 0.332 e. The summed E-state index contributed by atoms with van der Waals surface area (Å²) in [5.41, 5.74) is -0.649. The first kappa shape index (κ1) is 23.9. The quantitative estimate of drug-likeness (QED) is 0.552. The predicted molar refractivity (Wildman–Crippen MR) is 127 cm³/mol. The minimum Gasteiger partial charge on any atom is -0.323 e. The SMILES string of the molecule is CN(C1CCCCC1)S(=O)(=O)c1ccccc1NC(=O)Cn1cnc2c1c(=O)n(C)c(=O)n2C. The lowest BCUT2D eigenvalue weighted by Crippen LogP contribution is -2.38. The average molecular weight is 489 g/mol. The lowest BCUT2D eigenvalue weighted by Gasteiger charge is -2.30. The number of nitrogens with zero attached hydrogens (tertiary/aromatic N) is 5. The van der Waals surface area contributed by atoms with Crippen LogP contribution in [0.1, 0.15) is 32.1 Å². The molecule has 0 saturated heterocycles. The van der Waals surface area contributed by atoms with Gasteiger partial charge in [0.25, 0.3) is 5.56 Å². The van der Waals surface area contributed by atoms with E-state index >= 15 is 0 Å². The van der Waals surface area contributed by atoms with Crippen molar-refractivity contribution in [3.8, 4) is 0 Å². The van der Waals surface area contributed by atoms with Crippen molar-refractivity contribution in [2.45, 2.75) is 49.6 Å². The molecule has 1 aliphatic carbocycles. The zero-order valence-electron chi connectivity index (χ0n) is 19.4. The molecule has 0 atom stereocenters. The Labute approximate surface area is 196 Å². The molecule has 1 N–H and O–H groups in total. The van der Waals surface area contributed by atoms with Gasteiger partial charge in [0.1, 0.15) is 11.4 Å². The fourth-order valence-corrected chi connectivity index (χ4v) is 6.01. The number of hydrogen-bond acceptors (Lipinski definition) is 6. The number of amides is 1. The number of benzene rings is 1. The lowest BCUT2D eigenvalue weighted by atomic mass is 9.96. The zero-order valence-corrected chi connectivity index (χ0v) is 20.2. The number of carbonyl (C=O) groups excluding carboxylic acids is 1. The van der Waals surface area contributed by atoms with Crippen LogP contribution in [0.5, 0.6) is 0 Å². The number of carbonyl (C=O) groups is 1. The molecule has 3 aromatic rings. The summed E-state index contributed by atoms with van der Waals surface area (Å²) in [4.78, 5) is 41.7. The summed E-state index contributed by atoms with van der Waals surface area (Å²) in [6, 6.07) is 6.21. The Bertz CT molecular complexity index is 1460. The minimum atomic E-state index is -3.83. The van der Waals surface area contributed by atoms with E-state index in [0.29, 0.717) is 0 Å². The summed E-state index contributed by atoms with van der Waals surface area (Å²) in [5.74, 6) is -0.529. The third kappa shape index (κ3) is 4.18. The molecule has 2 aromatic heterocycles. The van der Waals surface area contributed by atoms with E-state index in [-0.39, 0.29) is 34.3 Å². The van der Waals surface area contributed by atoms with Gasteiger partial charge in [-0.1, -0.05) is 31.4 Å². The van der Waals surface area contributed by atoms with E-state index in [1.54, 1.807) is 19.2 Å². The van der Waals surface area contributed by atoms with Crippen LogP contribution in [0.15, 0.2) is 45.1 Å². The Morgan fingerprint density at radius 1 is 1.12 bits per heavy atom. The van der Waals surface area contributed by atoms with Crippen molar-refractivity contribution in [1.29, 1.82) is 0 Å². The summed E-state index contributed by atoms with van der Waals surface area (Å²) in [5, 5.41) is 2.67. The molecule has 0 radical (unpaired) electrons. The molecule has 182 valence electrons. The van der Waals surface area contributed by atoms with Crippen LogP contribution in [0, 0.1) is 0 Å². The van der Waals surface area contributed by atoms with Crippen LogP contribution in [0.2, 0.25) is 0 Å². The molecule has 1 saturated carbocycles. The van der Waals surface area contributed by atoms with Crippen molar-refractivity contribution in [1.82, 2.24) is 23.0 Å². The number of para-hydroxylation sites is 1. The Kier molecular flexibility index (Phi) is 6.45. The molecule has 0 unspecified atom stereocenters. The van der Waals surface area contributed by atoms with Crippen LogP contribution >= 0.6 is 0 Å². The van der Waals surface area contributed by atoms with Gasteiger partial charge >= 0.3 is 5.69 Å². The minimum absolute atomic E-state index is 0.0187. The first-order valence-corrected chi connectivity index (χ1v) is 12.5.